The molecule has 76 valence electrons. The zero-order valence-electron chi connectivity index (χ0n) is 7.88. The van der Waals surface area contributed by atoms with Crippen LogP contribution in [-0.4, -0.2) is 12.9 Å². The van der Waals surface area contributed by atoms with E-state index in [2.05, 4.69) is 0 Å². The Balaban J connectivity index is 3.06. The first-order valence-corrected chi connectivity index (χ1v) is 4.04. The molecular weight excluding hydrogens is 190 g/mol. The van der Waals surface area contributed by atoms with Crippen molar-refractivity contribution in [3.63, 3.8) is 0 Å². The van der Waals surface area contributed by atoms with E-state index in [-0.39, 0.29) is 5.78 Å². The van der Waals surface area contributed by atoms with E-state index in [9.17, 15) is 13.6 Å². The highest BCUT2D eigenvalue weighted by atomic mass is 19.2. The summed E-state index contributed by atoms with van der Waals surface area (Å²) in [6, 6.07) is 3.26. The maximum atomic E-state index is 12.8. The molecule has 1 aromatic carbocycles. The normalized spacial score (nSPS) is 12.6. The molecule has 1 aromatic rings. The summed E-state index contributed by atoms with van der Waals surface area (Å²) in [7, 11) is 1.34. The number of methoxy groups -OCH3 is 1. The standard InChI is InChI=1S/C10H10F2O2/c1-6(13)10(14-2)7-3-4-8(11)9(12)5-7/h3-5,10H,1-2H3. The van der Waals surface area contributed by atoms with Gasteiger partial charge >= 0.3 is 0 Å². The van der Waals surface area contributed by atoms with Crippen molar-refractivity contribution in [1.29, 1.82) is 0 Å². The molecule has 0 fully saturated rings. The van der Waals surface area contributed by atoms with Gasteiger partial charge in [-0.25, -0.2) is 8.78 Å². The molecule has 0 aliphatic rings. The van der Waals surface area contributed by atoms with Gasteiger partial charge in [0.05, 0.1) is 0 Å². The molecule has 0 saturated heterocycles. The van der Waals surface area contributed by atoms with E-state index < -0.39 is 17.7 Å². The summed E-state index contributed by atoms with van der Waals surface area (Å²) in [6.45, 7) is 1.33. The molecule has 0 aromatic heterocycles. The molecule has 2 nitrogen and oxygen atoms in total. The molecule has 0 saturated carbocycles. The maximum Gasteiger partial charge on any atom is 0.163 e. The first-order valence-electron chi connectivity index (χ1n) is 4.04. The van der Waals surface area contributed by atoms with Crippen molar-refractivity contribution in [2.24, 2.45) is 0 Å². The van der Waals surface area contributed by atoms with Gasteiger partial charge in [0.2, 0.25) is 0 Å². The quantitative estimate of drug-likeness (QED) is 0.747. The topological polar surface area (TPSA) is 26.3 Å². The molecule has 1 atom stereocenters. The second kappa shape index (κ2) is 4.28. The van der Waals surface area contributed by atoms with Gasteiger partial charge in [-0.3, -0.25) is 4.79 Å². The second-order valence-corrected chi connectivity index (χ2v) is 2.90. The number of hydrogen-bond acceptors (Lipinski definition) is 2. The summed E-state index contributed by atoms with van der Waals surface area (Å²) in [5.74, 6) is -2.17. The molecule has 0 spiro atoms. The molecule has 0 bridgehead atoms. The van der Waals surface area contributed by atoms with Gasteiger partial charge in [0.25, 0.3) is 0 Å². The molecule has 0 aliphatic heterocycles. The van der Waals surface area contributed by atoms with Crippen molar-refractivity contribution in [2.45, 2.75) is 13.0 Å². The Hall–Kier alpha value is -1.29. The smallest absolute Gasteiger partial charge is 0.163 e. The number of hydrogen-bond donors (Lipinski definition) is 0. The van der Waals surface area contributed by atoms with E-state index in [0.717, 1.165) is 12.1 Å². The van der Waals surface area contributed by atoms with Crippen molar-refractivity contribution in [2.75, 3.05) is 7.11 Å². The number of rotatable bonds is 3. The van der Waals surface area contributed by atoms with E-state index in [1.54, 1.807) is 0 Å². The van der Waals surface area contributed by atoms with Crippen LogP contribution in [0.2, 0.25) is 0 Å². The first kappa shape index (κ1) is 10.8. The Morgan fingerprint density at radius 3 is 2.43 bits per heavy atom. The molecule has 0 aliphatic carbocycles. The lowest BCUT2D eigenvalue weighted by molar-refractivity contribution is -0.126. The molecule has 0 heterocycles. The third-order valence-corrected chi connectivity index (χ3v) is 1.85. The van der Waals surface area contributed by atoms with Gasteiger partial charge in [-0.15, -0.1) is 0 Å². The van der Waals surface area contributed by atoms with Gasteiger partial charge in [-0.05, 0) is 24.6 Å². The largest absolute Gasteiger partial charge is 0.369 e. The lowest BCUT2D eigenvalue weighted by atomic mass is 10.1. The third kappa shape index (κ3) is 2.14. The summed E-state index contributed by atoms with van der Waals surface area (Å²) in [5.41, 5.74) is 0.318. The minimum absolute atomic E-state index is 0.251. The molecular formula is C10H10F2O2. The van der Waals surface area contributed by atoms with Gasteiger partial charge in [0.15, 0.2) is 17.4 Å². The fourth-order valence-electron chi connectivity index (χ4n) is 1.21. The monoisotopic (exact) mass is 200 g/mol. The Bertz CT molecular complexity index is 350. The summed E-state index contributed by atoms with van der Waals surface area (Å²) in [4.78, 5) is 11.0. The Labute approximate surface area is 80.5 Å². The van der Waals surface area contributed by atoms with E-state index in [1.807, 2.05) is 0 Å². The van der Waals surface area contributed by atoms with E-state index in [0.29, 0.717) is 5.56 Å². The minimum atomic E-state index is -0.981. The highest BCUT2D eigenvalue weighted by Crippen LogP contribution is 2.19. The van der Waals surface area contributed by atoms with Crippen molar-refractivity contribution < 1.29 is 18.3 Å². The average molecular weight is 200 g/mol. The van der Waals surface area contributed by atoms with Crippen molar-refractivity contribution in [1.82, 2.24) is 0 Å². The summed E-state index contributed by atoms with van der Waals surface area (Å²) in [5, 5.41) is 0. The first-order chi connectivity index (χ1) is 6.56. The van der Waals surface area contributed by atoms with E-state index >= 15 is 0 Å². The molecule has 0 amide bonds. The lowest BCUT2D eigenvalue weighted by Crippen LogP contribution is -2.11. The van der Waals surface area contributed by atoms with Crippen LogP contribution in [0.5, 0.6) is 0 Å². The highest BCUT2D eigenvalue weighted by Gasteiger charge is 2.17. The van der Waals surface area contributed by atoms with Crippen LogP contribution in [0.15, 0.2) is 18.2 Å². The maximum absolute atomic E-state index is 12.8. The number of benzene rings is 1. The number of carbonyl (C=O) groups is 1. The van der Waals surface area contributed by atoms with Crippen molar-refractivity contribution in [3.05, 3.63) is 35.4 Å². The second-order valence-electron chi connectivity index (χ2n) is 2.90. The number of halogens is 2. The van der Waals surface area contributed by atoms with Crippen LogP contribution < -0.4 is 0 Å². The number of Topliss-reactive ketones (excluding diaryl/α,β-unsaturated/α-hetero) is 1. The molecule has 1 unspecified atom stereocenters. The van der Waals surface area contributed by atoms with Crippen LogP contribution in [0, 0.1) is 11.6 Å². The number of carbonyl (C=O) groups excluding carboxylic acids is 1. The number of ether oxygens (including phenoxy) is 1. The zero-order chi connectivity index (χ0) is 10.7. The fraction of sp³-hybridized carbons (Fsp3) is 0.300. The predicted octanol–water partition coefficient (Wildman–Crippen LogP) is 2.24. The van der Waals surface area contributed by atoms with Crippen molar-refractivity contribution in [3.8, 4) is 0 Å². The lowest BCUT2D eigenvalue weighted by Gasteiger charge is -2.11. The zero-order valence-corrected chi connectivity index (χ0v) is 7.88. The van der Waals surface area contributed by atoms with Crippen LogP contribution in [0.3, 0.4) is 0 Å². The fourth-order valence-corrected chi connectivity index (χ4v) is 1.21. The SMILES string of the molecule is COC(C(C)=O)c1ccc(F)c(F)c1. The third-order valence-electron chi connectivity index (χ3n) is 1.85. The Morgan fingerprint density at radius 1 is 1.36 bits per heavy atom. The van der Waals surface area contributed by atoms with Crippen LogP contribution in [-0.2, 0) is 9.53 Å². The Morgan fingerprint density at radius 2 is 2.00 bits per heavy atom. The molecule has 0 radical (unpaired) electrons. The molecule has 0 N–H and O–H groups in total. The molecule has 14 heavy (non-hydrogen) atoms. The average Bonchev–Trinajstić information content (AvgIpc) is 2.11. The minimum Gasteiger partial charge on any atom is -0.369 e. The van der Waals surface area contributed by atoms with Gasteiger partial charge in [-0.2, -0.15) is 0 Å². The highest BCUT2D eigenvalue weighted by molar-refractivity contribution is 5.81. The van der Waals surface area contributed by atoms with Gasteiger partial charge in [-0.1, -0.05) is 6.07 Å². The van der Waals surface area contributed by atoms with Crippen LogP contribution in [0.1, 0.15) is 18.6 Å². The number of ketones is 1. The summed E-state index contributed by atoms with van der Waals surface area (Å²) >= 11 is 0. The van der Waals surface area contributed by atoms with Gasteiger partial charge in [0.1, 0.15) is 6.10 Å². The van der Waals surface area contributed by atoms with Gasteiger partial charge in [0, 0.05) is 7.11 Å². The molecule has 4 heteroatoms. The van der Waals surface area contributed by atoms with Crippen LogP contribution in [0.4, 0.5) is 8.78 Å². The van der Waals surface area contributed by atoms with Crippen molar-refractivity contribution >= 4 is 5.78 Å². The van der Waals surface area contributed by atoms with Crippen LogP contribution >= 0.6 is 0 Å². The van der Waals surface area contributed by atoms with E-state index in [4.69, 9.17) is 4.74 Å². The summed E-state index contributed by atoms with van der Waals surface area (Å²) < 4.78 is 30.2. The van der Waals surface area contributed by atoms with Crippen LogP contribution in [0.25, 0.3) is 0 Å². The molecule has 1 rings (SSSR count). The predicted molar refractivity (Wildman–Crippen MR) is 46.8 cm³/mol. The van der Waals surface area contributed by atoms with E-state index in [1.165, 1.54) is 20.1 Å². The Kier molecular flexibility index (Phi) is 3.30. The summed E-state index contributed by atoms with van der Waals surface area (Å²) in [6.07, 6.45) is -0.829. The van der Waals surface area contributed by atoms with Gasteiger partial charge < -0.3 is 4.74 Å².